The smallest absolute Gasteiger partial charge is 0.255 e. The van der Waals surface area contributed by atoms with Crippen molar-refractivity contribution < 1.29 is 23.4 Å². The van der Waals surface area contributed by atoms with E-state index in [2.05, 4.69) is 27.3 Å². The summed E-state index contributed by atoms with van der Waals surface area (Å²) in [6.45, 7) is 5.71. The number of carbonyl (C=O) groups excluding carboxylic acids is 1. The maximum atomic E-state index is 13.0. The molecule has 2 unspecified atom stereocenters. The molecular weight excluding hydrogens is 452 g/mol. The first-order chi connectivity index (χ1) is 16.7. The number of rotatable bonds is 11. The van der Waals surface area contributed by atoms with E-state index in [1.54, 1.807) is 13.1 Å². The fourth-order valence-electron chi connectivity index (χ4n) is 4.47. The van der Waals surface area contributed by atoms with Crippen molar-refractivity contribution in [3.05, 3.63) is 53.7 Å². The topological polar surface area (TPSA) is 74.7 Å². The van der Waals surface area contributed by atoms with E-state index in [4.69, 9.17) is 4.74 Å². The van der Waals surface area contributed by atoms with Crippen molar-refractivity contribution >= 4 is 11.7 Å². The third-order valence-electron chi connectivity index (χ3n) is 7.02. The molecule has 190 valence electrons. The van der Waals surface area contributed by atoms with Crippen LogP contribution >= 0.6 is 0 Å². The minimum absolute atomic E-state index is 0.0376. The zero-order valence-corrected chi connectivity index (χ0v) is 20.4. The van der Waals surface area contributed by atoms with Gasteiger partial charge >= 0.3 is 0 Å². The van der Waals surface area contributed by atoms with Crippen LogP contribution < -0.4 is 15.0 Å². The molecule has 1 amide bonds. The molecule has 4 rings (SSSR count). The van der Waals surface area contributed by atoms with E-state index in [1.807, 2.05) is 31.2 Å². The van der Waals surface area contributed by atoms with Crippen LogP contribution in [0.4, 0.5) is 14.6 Å². The standard InChI is InChI=1S/C27H35F2N3O3/c1-18(33)14-31-26(34)19(2)22-7-5-20(6-8-22)3-4-21-11-12-32(16-21)25-10-9-24(15-30-25)35-17-23-13-27(23,28)29/h5-10,15,18-19,21,23,33H,3-4,11-14,16-17H2,1-2H3,(H,31,34)/t18-,19?,21+,23?/m0/s1. The average molecular weight is 488 g/mol. The number of amides is 1. The van der Waals surface area contributed by atoms with Gasteiger partial charge in [0, 0.05) is 26.1 Å². The van der Waals surface area contributed by atoms with Crippen molar-refractivity contribution in [2.45, 2.75) is 57.5 Å². The van der Waals surface area contributed by atoms with Crippen molar-refractivity contribution in [2.75, 3.05) is 31.1 Å². The van der Waals surface area contributed by atoms with Gasteiger partial charge in [-0.25, -0.2) is 13.8 Å². The molecule has 1 saturated heterocycles. The molecule has 35 heavy (non-hydrogen) atoms. The van der Waals surface area contributed by atoms with Crippen LogP contribution in [0.5, 0.6) is 5.75 Å². The fourth-order valence-corrected chi connectivity index (χ4v) is 4.47. The van der Waals surface area contributed by atoms with Gasteiger partial charge in [0.2, 0.25) is 5.91 Å². The van der Waals surface area contributed by atoms with Crippen molar-refractivity contribution in [3.63, 3.8) is 0 Å². The van der Waals surface area contributed by atoms with Gasteiger partial charge in [0.1, 0.15) is 11.6 Å². The van der Waals surface area contributed by atoms with Crippen LogP contribution in [-0.2, 0) is 11.2 Å². The lowest BCUT2D eigenvalue weighted by Gasteiger charge is -2.18. The fraction of sp³-hybridized carbons (Fsp3) is 0.556. The number of pyridine rings is 1. The highest BCUT2D eigenvalue weighted by atomic mass is 19.3. The Morgan fingerprint density at radius 3 is 2.63 bits per heavy atom. The average Bonchev–Trinajstić information content (AvgIpc) is 3.22. The largest absolute Gasteiger partial charge is 0.491 e. The van der Waals surface area contributed by atoms with Crippen LogP contribution in [-0.4, -0.2) is 54.3 Å². The molecule has 2 heterocycles. The summed E-state index contributed by atoms with van der Waals surface area (Å²) >= 11 is 0. The predicted octanol–water partition coefficient (Wildman–Crippen LogP) is 4.18. The number of halogens is 2. The van der Waals surface area contributed by atoms with Gasteiger partial charge < -0.3 is 20.1 Å². The Morgan fingerprint density at radius 2 is 2.00 bits per heavy atom. The number of aliphatic hydroxyl groups is 1. The van der Waals surface area contributed by atoms with E-state index in [1.165, 1.54) is 5.56 Å². The minimum Gasteiger partial charge on any atom is -0.491 e. The molecule has 6 nitrogen and oxygen atoms in total. The number of anilines is 1. The number of benzene rings is 1. The van der Waals surface area contributed by atoms with E-state index in [0.717, 1.165) is 43.7 Å². The van der Waals surface area contributed by atoms with Crippen LogP contribution in [0.2, 0.25) is 0 Å². The first-order valence-electron chi connectivity index (χ1n) is 12.5. The minimum atomic E-state index is -2.56. The van der Waals surface area contributed by atoms with Crippen LogP contribution in [0.15, 0.2) is 42.6 Å². The van der Waals surface area contributed by atoms with Gasteiger partial charge in [-0.15, -0.1) is 0 Å². The summed E-state index contributed by atoms with van der Waals surface area (Å²) in [6, 6.07) is 11.9. The lowest BCUT2D eigenvalue weighted by molar-refractivity contribution is -0.122. The second-order valence-corrected chi connectivity index (χ2v) is 10.0. The Balaban J connectivity index is 1.20. The highest BCUT2D eigenvalue weighted by Gasteiger charge is 2.57. The third-order valence-corrected chi connectivity index (χ3v) is 7.02. The Kier molecular flexibility index (Phi) is 7.89. The van der Waals surface area contributed by atoms with Crippen molar-refractivity contribution in [2.24, 2.45) is 11.8 Å². The van der Waals surface area contributed by atoms with Gasteiger partial charge in [0.15, 0.2) is 0 Å². The van der Waals surface area contributed by atoms with E-state index >= 15 is 0 Å². The molecule has 1 aliphatic heterocycles. The highest BCUT2D eigenvalue weighted by molar-refractivity contribution is 5.83. The van der Waals surface area contributed by atoms with Crippen molar-refractivity contribution in [3.8, 4) is 5.75 Å². The van der Waals surface area contributed by atoms with Gasteiger partial charge in [0.25, 0.3) is 5.92 Å². The summed E-state index contributed by atoms with van der Waals surface area (Å²) in [5.41, 5.74) is 2.22. The third kappa shape index (κ3) is 6.90. The predicted molar refractivity (Wildman–Crippen MR) is 131 cm³/mol. The molecule has 2 aliphatic rings. The van der Waals surface area contributed by atoms with Gasteiger partial charge in [-0.05, 0) is 62.3 Å². The van der Waals surface area contributed by atoms with Crippen LogP contribution in [0, 0.1) is 11.8 Å². The molecule has 0 spiro atoms. The van der Waals surface area contributed by atoms with Gasteiger partial charge in [-0.3, -0.25) is 4.79 Å². The Bertz CT molecular complexity index is 982. The number of alkyl halides is 2. The van der Waals surface area contributed by atoms with Crippen molar-refractivity contribution in [1.82, 2.24) is 10.3 Å². The zero-order valence-electron chi connectivity index (χ0n) is 20.4. The second kappa shape index (κ2) is 10.9. The second-order valence-electron chi connectivity index (χ2n) is 10.0. The maximum Gasteiger partial charge on any atom is 0.255 e. The quantitative estimate of drug-likeness (QED) is 0.498. The van der Waals surface area contributed by atoms with Gasteiger partial charge in [-0.1, -0.05) is 24.3 Å². The summed E-state index contributed by atoms with van der Waals surface area (Å²) in [6.07, 6.45) is 4.15. The summed E-state index contributed by atoms with van der Waals surface area (Å²) in [4.78, 5) is 19.0. The molecule has 2 fully saturated rings. The van der Waals surface area contributed by atoms with E-state index < -0.39 is 17.9 Å². The zero-order chi connectivity index (χ0) is 25.0. The first kappa shape index (κ1) is 25.4. The molecule has 4 atom stereocenters. The number of hydrogen-bond acceptors (Lipinski definition) is 5. The molecule has 1 aliphatic carbocycles. The summed E-state index contributed by atoms with van der Waals surface area (Å²) in [5, 5.41) is 12.1. The normalized spacial score (nSPS) is 22.5. The van der Waals surface area contributed by atoms with Gasteiger partial charge in [0.05, 0.1) is 30.7 Å². The molecule has 1 aromatic heterocycles. The Hall–Kier alpha value is -2.74. The van der Waals surface area contributed by atoms with Crippen LogP contribution in [0.3, 0.4) is 0 Å². The molecule has 2 N–H and O–H groups in total. The Morgan fingerprint density at radius 1 is 1.26 bits per heavy atom. The molecule has 8 heteroatoms. The molecule has 1 saturated carbocycles. The Labute approximate surface area is 205 Å². The lowest BCUT2D eigenvalue weighted by atomic mass is 9.95. The number of ether oxygens (including phenoxy) is 1. The monoisotopic (exact) mass is 487 g/mol. The number of aromatic nitrogens is 1. The first-order valence-corrected chi connectivity index (χ1v) is 12.5. The lowest BCUT2D eigenvalue weighted by Crippen LogP contribution is -2.33. The number of nitrogens with zero attached hydrogens (tertiary/aromatic N) is 2. The summed E-state index contributed by atoms with van der Waals surface area (Å²) in [7, 11) is 0. The number of aryl methyl sites for hydroxylation is 1. The molecule has 2 aromatic rings. The summed E-state index contributed by atoms with van der Waals surface area (Å²) < 4.78 is 31.4. The number of hydrogen-bond donors (Lipinski definition) is 2. The number of nitrogens with one attached hydrogen (secondary N) is 1. The molecule has 0 radical (unpaired) electrons. The number of aliphatic hydroxyl groups excluding tert-OH is 1. The van der Waals surface area contributed by atoms with Crippen LogP contribution in [0.25, 0.3) is 0 Å². The summed E-state index contributed by atoms with van der Waals surface area (Å²) in [5.74, 6) is -1.56. The van der Waals surface area contributed by atoms with E-state index in [0.29, 0.717) is 11.7 Å². The molecule has 1 aromatic carbocycles. The SMILES string of the molecule is CC(C(=O)NC[C@H](C)O)c1ccc(CC[C@@H]2CCN(c3ccc(OCC4CC4(F)F)cn3)C2)cc1. The van der Waals surface area contributed by atoms with Gasteiger partial charge in [-0.2, -0.15) is 0 Å². The van der Waals surface area contributed by atoms with E-state index in [9.17, 15) is 18.7 Å². The maximum absolute atomic E-state index is 13.0. The highest BCUT2D eigenvalue weighted by Crippen LogP contribution is 2.48. The van der Waals surface area contributed by atoms with Crippen molar-refractivity contribution in [1.29, 1.82) is 0 Å². The molecule has 0 bridgehead atoms. The molecular formula is C27H35F2N3O3. The van der Waals surface area contributed by atoms with E-state index in [-0.39, 0.29) is 31.4 Å². The van der Waals surface area contributed by atoms with Crippen LogP contribution in [0.1, 0.15) is 50.2 Å². The number of carbonyl (C=O) groups is 1.